The molecule has 0 amide bonds. The molecule has 0 aliphatic rings. The van der Waals surface area contributed by atoms with Crippen LogP contribution < -0.4 is 11.3 Å². The van der Waals surface area contributed by atoms with Crippen molar-refractivity contribution in [3.8, 4) is 0 Å². The highest BCUT2D eigenvalue weighted by molar-refractivity contribution is 6.31. The highest BCUT2D eigenvalue weighted by atomic mass is 35.5. The van der Waals surface area contributed by atoms with E-state index in [1.54, 1.807) is 12.5 Å². The third-order valence-electron chi connectivity index (χ3n) is 2.62. The van der Waals surface area contributed by atoms with E-state index in [2.05, 4.69) is 16.9 Å². The largest absolute Gasteiger partial charge is 0.392 e. The van der Waals surface area contributed by atoms with E-state index >= 15 is 0 Å². The molecular weight excluding hydrogens is 254 g/mol. The number of nitrogens with two attached hydrogens (primary N) is 1. The smallest absolute Gasteiger partial charge is 0.278 e. The van der Waals surface area contributed by atoms with E-state index in [1.807, 2.05) is 4.57 Å². The van der Waals surface area contributed by atoms with Gasteiger partial charge in [0, 0.05) is 12.7 Å². The summed E-state index contributed by atoms with van der Waals surface area (Å²) in [6.07, 6.45) is 5.87. The predicted molar refractivity (Wildman–Crippen MR) is 69.5 cm³/mol. The summed E-state index contributed by atoms with van der Waals surface area (Å²) in [5.41, 5.74) is 6.13. The molecule has 0 saturated heterocycles. The molecule has 0 bridgehead atoms. The SMILES string of the molecule is CCCn1cncc1Cn1cnc(Cl)c(N)c1=O. The Kier molecular flexibility index (Phi) is 3.66. The highest BCUT2D eigenvalue weighted by Gasteiger charge is 2.08. The molecule has 6 nitrogen and oxygen atoms in total. The molecule has 2 aromatic rings. The number of aryl methyl sites for hydroxylation is 1. The Bertz CT molecular complexity index is 604. The Hall–Kier alpha value is -1.82. The fourth-order valence-electron chi connectivity index (χ4n) is 1.69. The molecule has 0 unspecified atom stereocenters. The van der Waals surface area contributed by atoms with Gasteiger partial charge in [0.15, 0.2) is 5.15 Å². The van der Waals surface area contributed by atoms with E-state index in [-0.39, 0.29) is 16.4 Å². The lowest BCUT2D eigenvalue weighted by Gasteiger charge is -2.09. The molecule has 0 fully saturated rings. The van der Waals surface area contributed by atoms with Gasteiger partial charge in [-0.25, -0.2) is 9.97 Å². The van der Waals surface area contributed by atoms with Gasteiger partial charge >= 0.3 is 0 Å². The molecule has 0 saturated carbocycles. The number of anilines is 1. The van der Waals surface area contributed by atoms with Gasteiger partial charge < -0.3 is 10.3 Å². The van der Waals surface area contributed by atoms with Crippen LogP contribution in [0.1, 0.15) is 19.0 Å². The molecule has 0 aliphatic heterocycles. The van der Waals surface area contributed by atoms with E-state index in [4.69, 9.17) is 17.3 Å². The van der Waals surface area contributed by atoms with E-state index in [0.717, 1.165) is 18.7 Å². The van der Waals surface area contributed by atoms with Crippen LogP contribution in [0.5, 0.6) is 0 Å². The van der Waals surface area contributed by atoms with E-state index in [0.29, 0.717) is 6.54 Å². The molecule has 2 aromatic heterocycles. The maximum atomic E-state index is 11.9. The molecular formula is C11H14ClN5O. The molecule has 0 aromatic carbocycles. The van der Waals surface area contributed by atoms with Crippen molar-refractivity contribution in [3.05, 3.63) is 40.1 Å². The summed E-state index contributed by atoms with van der Waals surface area (Å²) in [6.45, 7) is 3.32. The lowest BCUT2D eigenvalue weighted by atomic mass is 10.4. The Labute approximate surface area is 109 Å². The quantitative estimate of drug-likeness (QED) is 0.843. The Morgan fingerprint density at radius 2 is 2.17 bits per heavy atom. The summed E-state index contributed by atoms with van der Waals surface area (Å²) in [4.78, 5) is 19.8. The maximum absolute atomic E-state index is 11.9. The summed E-state index contributed by atoms with van der Waals surface area (Å²) in [5.74, 6) is 0. The normalized spacial score (nSPS) is 10.8. The fourth-order valence-corrected chi connectivity index (χ4v) is 1.82. The van der Waals surface area contributed by atoms with Crippen LogP contribution in [0.4, 0.5) is 5.69 Å². The third kappa shape index (κ3) is 2.38. The first-order chi connectivity index (χ1) is 8.63. The number of nitrogen functional groups attached to an aromatic ring is 1. The van der Waals surface area contributed by atoms with Crippen LogP contribution in [0.2, 0.25) is 5.15 Å². The van der Waals surface area contributed by atoms with Crippen molar-refractivity contribution in [3.63, 3.8) is 0 Å². The monoisotopic (exact) mass is 267 g/mol. The molecule has 96 valence electrons. The standard InChI is InChI=1S/C11H14ClN5O/c1-2-3-16-6-14-4-8(16)5-17-7-15-10(12)9(13)11(17)18/h4,6-7H,2-3,5,13H2,1H3. The van der Waals surface area contributed by atoms with E-state index in [1.165, 1.54) is 10.9 Å². The number of hydrogen-bond donors (Lipinski definition) is 1. The molecule has 0 atom stereocenters. The van der Waals surface area contributed by atoms with E-state index in [9.17, 15) is 4.79 Å². The zero-order valence-corrected chi connectivity index (χ0v) is 10.8. The van der Waals surface area contributed by atoms with Gasteiger partial charge in [-0.1, -0.05) is 18.5 Å². The zero-order chi connectivity index (χ0) is 13.1. The van der Waals surface area contributed by atoms with Crippen LogP contribution in [0.25, 0.3) is 0 Å². The third-order valence-corrected chi connectivity index (χ3v) is 2.92. The van der Waals surface area contributed by atoms with Crippen LogP contribution in [0, 0.1) is 0 Å². The van der Waals surface area contributed by atoms with Crippen LogP contribution in [-0.4, -0.2) is 19.1 Å². The molecule has 2 heterocycles. The van der Waals surface area contributed by atoms with Crippen molar-refractivity contribution in [1.82, 2.24) is 19.1 Å². The minimum atomic E-state index is -0.334. The van der Waals surface area contributed by atoms with Gasteiger partial charge in [-0.05, 0) is 6.42 Å². The minimum Gasteiger partial charge on any atom is -0.392 e. The Balaban J connectivity index is 2.32. The zero-order valence-electron chi connectivity index (χ0n) is 10.0. The van der Waals surface area contributed by atoms with E-state index < -0.39 is 0 Å². The number of halogens is 1. The molecule has 0 spiro atoms. The van der Waals surface area contributed by atoms with Crippen molar-refractivity contribution in [2.45, 2.75) is 26.4 Å². The molecule has 0 radical (unpaired) electrons. The average Bonchev–Trinajstić information content (AvgIpc) is 2.78. The number of nitrogens with zero attached hydrogens (tertiary/aromatic N) is 4. The number of hydrogen-bond acceptors (Lipinski definition) is 4. The van der Waals surface area contributed by atoms with Gasteiger partial charge in [0.25, 0.3) is 5.56 Å². The maximum Gasteiger partial charge on any atom is 0.278 e. The topological polar surface area (TPSA) is 78.7 Å². The number of imidazole rings is 1. The Morgan fingerprint density at radius 3 is 2.89 bits per heavy atom. The fraction of sp³-hybridized carbons (Fsp3) is 0.364. The van der Waals surface area contributed by atoms with Crippen LogP contribution in [0.3, 0.4) is 0 Å². The molecule has 0 aliphatic carbocycles. The first-order valence-corrected chi connectivity index (χ1v) is 6.00. The van der Waals surface area contributed by atoms with Gasteiger partial charge in [-0.2, -0.15) is 0 Å². The van der Waals surface area contributed by atoms with Crippen molar-refractivity contribution in [2.75, 3.05) is 5.73 Å². The lowest BCUT2D eigenvalue weighted by Crippen LogP contribution is -2.25. The second-order valence-corrected chi connectivity index (χ2v) is 4.32. The van der Waals surface area contributed by atoms with Crippen molar-refractivity contribution >= 4 is 17.3 Å². The first kappa shape index (κ1) is 12.6. The van der Waals surface area contributed by atoms with Crippen LogP contribution >= 0.6 is 11.6 Å². The first-order valence-electron chi connectivity index (χ1n) is 5.63. The summed E-state index contributed by atoms with van der Waals surface area (Å²) >= 11 is 5.68. The lowest BCUT2D eigenvalue weighted by molar-refractivity contribution is 0.613. The number of rotatable bonds is 4. The van der Waals surface area contributed by atoms with Crippen molar-refractivity contribution in [1.29, 1.82) is 0 Å². The second-order valence-electron chi connectivity index (χ2n) is 3.96. The highest BCUT2D eigenvalue weighted by Crippen LogP contribution is 2.09. The second kappa shape index (κ2) is 5.22. The molecule has 2 N–H and O–H groups in total. The Morgan fingerprint density at radius 1 is 1.39 bits per heavy atom. The van der Waals surface area contributed by atoms with Gasteiger partial charge in [0.05, 0.1) is 24.9 Å². The van der Waals surface area contributed by atoms with Gasteiger partial charge in [-0.15, -0.1) is 0 Å². The molecule has 2 rings (SSSR count). The predicted octanol–water partition coefficient (Wildman–Crippen LogP) is 1.13. The molecule has 7 heteroatoms. The van der Waals surface area contributed by atoms with Gasteiger partial charge in [0.2, 0.25) is 0 Å². The summed E-state index contributed by atoms with van der Waals surface area (Å²) in [5, 5.41) is 0.0401. The molecule has 18 heavy (non-hydrogen) atoms. The average molecular weight is 268 g/mol. The van der Waals surface area contributed by atoms with Crippen LogP contribution in [0.15, 0.2) is 23.6 Å². The van der Waals surface area contributed by atoms with Gasteiger partial charge in [-0.3, -0.25) is 9.36 Å². The summed E-state index contributed by atoms with van der Waals surface area (Å²) in [6, 6.07) is 0. The summed E-state index contributed by atoms with van der Waals surface area (Å²) < 4.78 is 3.42. The van der Waals surface area contributed by atoms with Crippen molar-refractivity contribution < 1.29 is 0 Å². The van der Waals surface area contributed by atoms with Crippen LogP contribution in [-0.2, 0) is 13.1 Å². The minimum absolute atomic E-state index is 0.0271. The van der Waals surface area contributed by atoms with Gasteiger partial charge in [0.1, 0.15) is 5.69 Å². The summed E-state index contributed by atoms with van der Waals surface area (Å²) in [7, 11) is 0. The number of aromatic nitrogens is 4. The van der Waals surface area contributed by atoms with Crippen molar-refractivity contribution in [2.24, 2.45) is 0 Å².